The van der Waals surface area contributed by atoms with E-state index in [9.17, 15) is 0 Å². The minimum Gasteiger partial charge on any atom is -0.439 e. The van der Waals surface area contributed by atoms with Gasteiger partial charge in [0.15, 0.2) is 0 Å². The van der Waals surface area contributed by atoms with Crippen LogP contribution in [0.1, 0.15) is 0 Å². The smallest absolute Gasteiger partial charge is 0.213 e. The molecule has 3 nitrogen and oxygen atoms in total. The highest BCUT2D eigenvalue weighted by molar-refractivity contribution is 7.26. The van der Waals surface area contributed by atoms with Crippen LogP contribution in [0.15, 0.2) is 235 Å². The van der Waals surface area contributed by atoms with Crippen LogP contribution in [0.3, 0.4) is 0 Å². The van der Waals surface area contributed by atoms with Gasteiger partial charge in [0, 0.05) is 68.2 Å². The maximum absolute atomic E-state index is 6.87. The average Bonchev–Trinajstić information content (AvgIpc) is 4.16. The van der Waals surface area contributed by atoms with Crippen molar-refractivity contribution in [1.29, 1.82) is 0 Å². The number of hydrogen-bond acceptors (Lipinski definition) is 4. The molecule has 14 aromatic rings. The van der Waals surface area contributed by atoms with Gasteiger partial charge in [-0.15, -0.1) is 22.7 Å². The molecule has 14 rings (SSSR count). The number of hydrogen-bond donors (Lipinski definition) is 0. The molecule has 67 heavy (non-hydrogen) atoms. The van der Waals surface area contributed by atoms with Crippen LogP contribution in [0.25, 0.3) is 112 Å². The molecule has 4 heterocycles. The highest BCUT2D eigenvalue weighted by Crippen LogP contribution is 2.47. The number of anilines is 3. The van der Waals surface area contributed by atoms with E-state index in [1.807, 2.05) is 22.7 Å². The monoisotopic (exact) mass is 890 g/mol. The van der Waals surface area contributed by atoms with Gasteiger partial charge < -0.3 is 9.32 Å². The van der Waals surface area contributed by atoms with E-state index in [0.717, 1.165) is 66.8 Å². The molecular formula is C62H38N2OS2. The summed E-state index contributed by atoms with van der Waals surface area (Å²) in [7, 11) is 0. The Morgan fingerprint density at radius 2 is 0.896 bits per heavy atom. The summed E-state index contributed by atoms with van der Waals surface area (Å²) in [6.07, 6.45) is 0. The van der Waals surface area contributed by atoms with Crippen molar-refractivity contribution < 1.29 is 4.42 Å². The predicted molar refractivity (Wildman–Crippen MR) is 287 cm³/mol. The molecule has 0 bridgehead atoms. The molecule has 0 saturated carbocycles. The fourth-order valence-corrected chi connectivity index (χ4v) is 12.6. The molecule has 0 saturated heterocycles. The molecule has 5 heteroatoms. The molecule has 0 amide bonds. The van der Waals surface area contributed by atoms with Crippen molar-refractivity contribution in [3.63, 3.8) is 0 Å². The summed E-state index contributed by atoms with van der Waals surface area (Å²) < 4.78 is 14.3. The number of furan rings is 1. The summed E-state index contributed by atoms with van der Waals surface area (Å²) in [6, 6.07) is 83.8. The van der Waals surface area contributed by atoms with Gasteiger partial charge in [-0.05, 0) is 124 Å². The van der Waals surface area contributed by atoms with Crippen molar-refractivity contribution in [2.45, 2.75) is 0 Å². The first kappa shape index (κ1) is 38.1. The molecule has 4 aromatic heterocycles. The van der Waals surface area contributed by atoms with Crippen LogP contribution in [-0.4, -0.2) is 4.57 Å². The number of rotatable bonds is 7. The van der Waals surface area contributed by atoms with Gasteiger partial charge in [0.2, 0.25) is 5.71 Å². The largest absolute Gasteiger partial charge is 0.439 e. The van der Waals surface area contributed by atoms with Crippen LogP contribution < -0.4 is 4.90 Å². The van der Waals surface area contributed by atoms with E-state index >= 15 is 0 Å². The summed E-state index contributed by atoms with van der Waals surface area (Å²) >= 11 is 3.71. The molecule has 314 valence electrons. The normalized spacial score (nSPS) is 11.9. The first-order chi connectivity index (χ1) is 33.2. The van der Waals surface area contributed by atoms with E-state index in [-0.39, 0.29) is 0 Å². The van der Waals surface area contributed by atoms with Crippen LogP contribution in [0.5, 0.6) is 0 Å². The van der Waals surface area contributed by atoms with Crippen molar-refractivity contribution in [2.24, 2.45) is 0 Å². The first-order valence-electron chi connectivity index (χ1n) is 22.6. The average molecular weight is 891 g/mol. The van der Waals surface area contributed by atoms with E-state index in [1.54, 1.807) is 0 Å². The van der Waals surface area contributed by atoms with Crippen molar-refractivity contribution in [1.82, 2.24) is 4.57 Å². The van der Waals surface area contributed by atoms with Crippen LogP contribution in [0, 0.1) is 0 Å². The Hall–Kier alpha value is -8.22. The maximum atomic E-state index is 6.87. The number of para-hydroxylation sites is 1. The molecule has 0 atom stereocenters. The van der Waals surface area contributed by atoms with Crippen molar-refractivity contribution in [3.05, 3.63) is 231 Å². The van der Waals surface area contributed by atoms with Gasteiger partial charge in [0.25, 0.3) is 0 Å². The van der Waals surface area contributed by atoms with Crippen LogP contribution >= 0.6 is 22.7 Å². The Morgan fingerprint density at radius 1 is 0.358 bits per heavy atom. The highest BCUT2D eigenvalue weighted by Gasteiger charge is 2.23. The van der Waals surface area contributed by atoms with Crippen LogP contribution in [-0.2, 0) is 0 Å². The van der Waals surface area contributed by atoms with E-state index in [4.69, 9.17) is 4.42 Å². The topological polar surface area (TPSA) is 21.3 Å². The zero-order valence-corrected chi connectivity index (χ0v) is 37.7. The van der Waals surface area contributed by atoms with Gasteiger partial charge in [0.05, 0.1) is 16.6 Å². The lowest BCUT2D eigenvalue weighted by Crippen LogP contribution is -2.10. The van der Waals surface area contributed by atoms with E-state index in [1.165, 1.54) is 62.6 Å². The summed E-state index contributed by atoms with van der Waals surface area (Å²) in [4.78, 5) is 2.42. The minimum atomic E-state index is 0.851. The molecular weight excluding hydrogens is 853 g/mol. The first-order valence-corrected chi connectivity index (χ1v) is 24.3. The number of aromatic nitrogens is 1. The number of thiophene rings is 2. The zero-order chi connectivity index (χ0) is 44.0. The number of benzene rings is 10. The lowest BCUT2D eigenvalue weighted by atomic mass is 9.97. The van der Waals surface area contributed by atoms with E-state index < -0.39 is 0 Å². The summed E-state index contributed by atoms with van der Waals surface area (Å²) in [5.41, 5.74) is 14.4. The van der Waals surface area contributed by atoms with Gasteiger partial charge in [-0.1, -0.05) is 140 Å². The molecule has 0 aliphatic heterocycles. The van der Waals surface area contributed by atoms with Crippen molar-refractivity contribution in [3.8, 4) is 39.1 Å². The maximum Gasteiger partial charge on any atom is 0.213 e. The second-order valence-electron chi connectivity index (χ2n) is 17.2. The number of nitrogens with zero attached hydrogens (tertiary/aromatic N) is 2. The molecule has 0 N–H and O–H groups in total. The Balaban J connectivity index is 0.923. The third-order valence-corrected chi connectivity index (χ3v) is 15.7. The lowest BCUT2D eigenvalue weighted by Gasteiger charge is -2.27. The Bertz CT molecular complexity index is 4200. The van der Waals surface area contributed by atoms with E-state index in [2.05, 4.69) is 240 Å². The second kappa shape index (κ2) is 15.2. The second-order valence-corrected chi connectivity index (χ2v) is 19.4. The summed E-state index contributed by atoms with van der Waals surface area (Å²) in [5, 5.41) is 8.55. The van der Waals surface area contributed by atoms with E-state index in [0.29, 0.717) is 0 Å². The molecule has 0 spiro atoms. The van der Waals surface area contributed by atoms with Gasteiger partial charge in [-0.2, -0.15) is 0 Å². The molecule has 0 radical (unpaired) electrons. The predicted octanol–water partition coefficient (Wildman–Crippen LogP) is 18.7. The molecule has 10 aromatic carbocycles. The van der Waals surface area contributed by atoms with Crippen LogP contribution in [0.4, 0.5) is 17.1 Å². The van der Waals surface area contributed by atoms with Gasteiger partial charge in [-0.3, -0.25) is 4.57 Å². The molecule has 0 aliphatic rings. The Morgan fingerprint density at radius 3 is 1.61 bits per heavy atom. The molecule has 0 aliphatic carbocycles. The summed E-state index contributed by atoms with van der Waals surface area (Å²) in [5.74, 6) is 0. The van der Waals surface area contributed by atoms with Crippen LogP contribution in [0.2, 0.25) is 0 Å². The fourth-order valence-electron chi connectivity index (χ4n) is 10.3. The Labute approximate surface area is 394 Å². The fraction of sp³-hybridized carbons (Fsp3) is 0. The standard InChI is InChI=1S/C62H38N2OS2/c1-3-13-39(14-4-1)40-25-31-45(32-26-40)63(53-20-12-24-58-61(53)49-18-8-10-22-56(49)67-58)46-33-27-41(28-34-46)42-29-35-52-50(37-42)60-51-38-43(30-36-54(51)65-62(60)64(52)44-15-5-2-6-16-44)47-19-11-23-57-59(47)48-17-7-9-21-55(48)66-57/h1-38H. The zero-order valence-electron chi connectivity index (χ0n) is 36.1. The van der Waals surface area contributed by atoms with Gasteiger partial charge >= 0.3 is 0 Å². The highest BCUT2D eigenvalue weighted by atomic mass is 32.1. The van der Waals surface area contributed by atoms with Crippen molar-refractivity contribution in [2.75, 3.05) is 4.90 Å². The number of fused-ring (bicyclic) bond motifs is 11. The third-order valence-electron chi connectivity index (χ3n) is 13.4. The quantitative estimate of drug-likeness (QED) is 0.159. The molecule has 0 unspecified atom stereocenters. The summed E-state index contributed by atoms with van der Waals surface area (Å²) in [6.45, 7) is 0. The minimum absolute atomic E-state index is 0.851. The van der Waals surface area contributed by atoms with Gasteiger partial charge in [0.1, 0.15) is 5.58 Å². The Kier molecular flexibility index (Phi) is 8.63. The van der Waals surface area contributed by atoms with Crippen molar-refractivity contribution >= 4 is 113 Å². The van der Waals surface area contributed by atoms with Gasteiger partial charge in [-0.25, -0.2) is 0 Å². The third kappa shape index (κ3) is 6.09. The lowest BCUT2D eigenvalue weighted by molar-refractivity contribution is 0.645. The molecule has 0 fully saturated rings. The SMILES string of the molecule is c1ccc(-c2ccc(N(c3ccc(-c4ccc5c(c4)c4c6cc(-c7cccc8sc9ccccc9c78)ccc6oc4n5-c4ccccc4)cc3)c3cccc4sc5ccccc5c34)cc2)cc1.